The largest absolute Gasteiger partial charge is 0.294 e. The van der Waals surface area contributed by atoms with Gasteiger partial charge in [0.05, 0.1) is 10.0 Å². The van der Waals surface area contributed by atoms with Gasteiger partial charge in [-0.15, -0.1) is 0 Å². The SMILES string of the molecule is O=C(Cc1ccc(Cl)c(Cl)c1)c1ccc(F)cc1. The Balaban J connectivity index is 2.16. The van der Waals surface area contributed by atoms with Gasteiger partial charge in [0.25, 0.3) is 0 Å². The molecular weight excluding hydrogens is 274 g/mol. The quantitative estimate of drug-likeness (QED) is 0.755. The van der Waals surface area contributed by atoms with Crippen LogP contribution in [0, 0.1) is 5.82 Å². The summed E-state index contributed by atoms with van der Waals surface area (Å²) in [6.45, 7) is 0. The average Bonchev–Trinajstić information content (AvgIpc) is 2.34. The molecule has 0 bridgehead atoms. The lowest BCUT2D eigenvalue weighted by atomic mass is 10.0. The summed E-state index contributed by atoms with van der Waals surface area (Å²) in [5.74, 6) is -0.450. The van der Waals surface area contributed by atoms with Gasteiger partial charge in [-0.1, -0.05) is 29.3 Å². The van der Waals surface area contributed by atoms with Gasteiger partial charge >= 0.3 is 0 Å². The van der Waals surface area contributed by atoms with Crippen molar-refractivity contribution in [2.45, 2.75) is 6.42 Å². The van der Waals surface area contributed by atoms with E-state index in [1.807, 2.05) is 0 Å². The van der Waals surface area contributed by atoms with Crippen molar-refractivity contribution in [1.29, 1.82) is 0 Å². The van der Waals surface area contributed by atoms with Crippen molar-refractivity contribution in [3.05, 3.63) is 69.5 Å². The first-order valence-electron chi connectivity index (χ1n) is 5.29. The van der Waals surface area contributed by atoms with Gasteiger partial charge in [0.15, 0.2) is 5.78 Å². The van der Waals surface area contributed by atoms with Gasteiger partial charge < -0.3 is 0 Å². The number of carbonyl (C=O) groups is 1. The molecule has 0 saturated carbocycles. The van der Waals surface area contributed by atoms with Crippen LogP contribution in [0.1, 0.15) is 15.9 Å². The van der Waals surface area contributed by atoms with Gasteiger partial charge in [0.2, 0.25) is 0 Å². The third-order valence-electron chi connectivity index (χ3n) is 2.51. The molecule has 2 aromatic rings. The zero-order chi connectivity index (χ0) is 13.1. The van der Waals surface area contributed by atoms with Gasteiger partial charge in [-0.05, 0) is 42.0 Å². The van der Waals surface area contributed by atoms with Crippen LogP contribution in [0.2, 0.25) is 10.0 Å². The second kappa shape index (κ2) is 5.51. The first kappa shape index (κ1) is 13.1. The maximum Gasteiger partial charge on any atom is 0.167 e. The van der Waals surface area contributed by atoms with Crippen LogP contribution in [-0.2, 0) is 6.42 Å². The number of carbonyl (C=O) groups excluding carboxylic acids is 1. The van der Waals surface area contributed by atoms with Crippen molar-refractivity contribution in [3.8, 4) is 0 Å². The molecule has 0 radical (unpaired) electrons. The Kier molecular flexibility index (Phi) is 4.00. The number of rotatable bonds is 3. The molecule has 0 amide bonds. The molecule has 92 valence electrons. The maximum atomic E-state index is 12.7. The second-order valence-electron chi connectivity index (χ2n) is 3.86. The lowest BCUT2D eigenvalue weighted by Gasteiger charge is -2.03. The standard InChI is InChI=1S/C14H9Cl2FO/c15-12-6-1-9(7-13(12)16)8-14(18)10-2-4-11(17)5-3-10/h1-7H,8H2. The summed E-state index contributed by atoms with van der Waals surface area (Å²) < 4.78 is 12.7. The molecule has 2 rings (SSSR count). The lowest BCUT2D eigenvalue weighted by molar-refractivity contribution is 0.0993. The molecule has 0 fully saturated rings. The number of hydrogen-bond acceptors (Lipinski definition) is 1. The van der Waals surface area contributed by atoms with E-state index < -0.39 is 0 Å². The van der Waals surface area contributed by atoms with Crippen molar-refractivity contribution in [1.82, 2.24) is 0 Å². The fraction of sp³-hybridized carbons (Fsp3) is 0.0714. The van der Waals surface area contributed by atoms with Crippen molar-refractivity contribution >= 4 is 29.0 Å². The minimum Gasteiger partial charge on any atom is -0.294 e. The Morgan fingerprint density at radius 2 is 1.67 bits per heavy atom. The van der Waals surface area contributed by atoms with Crippen LogP contribution < -0.4 is 0 Å². The smallest absolute Gasteiger partial charge is 0.167 e. The van der Waals surface area contributed by atoms with Crippen LogP contribution in [0.15, 0.2) is 42.5 Å². The zero-order valence-electron chi connectivity index (χ0n) is 9.29. The molecular formula is C14H9Cl2FO. The minimum atomic E-state index is -0.360. The Hall–Kier alpha value is -1.38. The Labute approximate surface area is 114 Å². The number of benzene rings is 2. The number of hydrogen-bond donors (Lipinski definition) is 0. The highest BCUT2D eigenvalue weighted by molar-refractivity contribution is 6.42. The highest BCUT2D eigenvalue weighted by Gasteiger charge is 2.08. The summed E-state index contributed by atoms with van der Waals surface area (Å²) in [6, 6.07) is 10.5. The Bertz CT molecular complexity index is 579. The molecule has 0 spiro atoms. The van der Waals surface area contributed by atoms with Crippen molar-refractivity contribution < 1.29 is 9.18 Å². The molecule has 0 N–H and O–H groups in total. The summed E-state index contributed by atoms with van der Waals surface area (Å²) in [5.41, 5.74) is 1.25. The summed E-state index contributed by atoms with van der Waals surface area (Å²) in [4.78, 5) is 11.9. The predicted octanol–water partition coefficient (Wildman–Crippen LogP) is 4.56. The Morgan fingerprint density at radius 1 is 1.00 bits per heavy atom. The minimum absolute atomic E-state index is 0.0895. The highest BCUT2D eigenvalue weighted by Crippen LogP contribution is 2.23. The zero-order valence-corrected chi connectivity index (χ0v) is 10.8. The third-order valence-corrected chi connectivity index (χ3v) is 3.25. The molecule has 0 heterocycles. The summed E-state index contributed by atoms with van der Waals surface area (Å²) in [7, 11) is 0. The second-order valence-corrected chi connectivity index (χ2v) is 4.67. The number of halogens is 3. The van der Waals surface area contributed by atoms with Crippen molar-refractivity contribution in [2.24, 2.45) is 0 Å². The number of ketones is 1. The first-order valence-corrected chi connectivity index (χ1v) is 6.04. The molecule has 0 unspecified atom stereocenters. The van der Waals surface area contributed by atoms with E-state index >= 15 is 0 Å². The van der Waals surface area contributed by atoms with Gasteiger partial charge in [-0.3, -0.25) is 4.79 Å². The summed E-state index contributed by atoms with van der Waals surface area (Å²) in [6.07, 6.45) is 0.211. The van der Waals surface area contributed by atoms with E-state index in [0.717, 1.165) is 5.56 Å². The topological polar surface area (TPSA) is 17.1 Å². The molecule has 0 aliphatic heterocycles. The van der Waals surface area contributed by atoms with Crippen LogP contribution >= 0.6 is 23.2 Å². The Morgan fingerprint density at radius 3 is 2.28 bits per heavy atom. The van der Waals surface area contributed by atoms with E-state index in [-0.39, 0.29) is 18.0 Å². The van der Waals surface area contributed by atoms with Crippen LogP contribution in [-0.4, -0.2) is 5.78 Å². The summed E-state index contributed by atoms with van der Waals surface area (Å²) >= 11 is 11.7. The van der Waals surface area contributed by atoms with Crippen molar-refractivity contribution in [3.63, 3.8) is 0 Å². The van der Waals surface area contributed by atoms with Gasteiger partial charge in [-0.2, -0.15) is 0 Å². The van der Waals surface area contributed by atoms with E-state index in [1.54, 1.807) is 18.2 Å². The lowest BCUT2D eigenvalue weighted by Crippen LogP contribution is -2.03. The van der Waals surface area contributed by atoms with Gasteiger partial charge in [-0.25, -0.2) is 4.39 Å². The molecule has 1 nitrogen and oxygen atoms in total. The fourth-order valence-electron chi connectivity index (χ4n) is 1.57. The molecule has 0 aliphatic carbocycles. The highest BCUT2D eigenvalue weighted by atomic mass is 35.5. The van der Waals surface area contributed by atoms with Crippen LogP contribution in [0.5, 0.6) is 0 Å². The molecule has 0 aliphatic rings. The van der Waals surface area contributed by atoms with E-state index in [9.17, 15) is 9.18 Å². The monoisotopic (exact) mass is 282 g/mol. The molecule has 0 aromatic heterocycles. The predicted molar refractivity (Wildman–Crippen MR) is 70.9 cm³/mol. The van der Waals surface area contributed by atoms with E-state index in [2.05, 4.69) is 0 Å². The molecule has 0 atom stereocenters. The van der Waals surface area contributed by atoms with E-state index in [0.29, 0.717) is 15.6 Å². The van der Waals surface area contributed by atoms with Gasteiger partial charge in [0, 0.05) is 12.0 Å². The molecule has 18 heavy (non-hydrogen) atoms. The number of Topliss-reactive ketones (excluding diaryl/α,β-unsaturated/α-hetero) is 1. The van der Waals surface area contributed by atoms with Crippen LogP contribution in [0.25, 0.3) is 0 Å². The van der Waals surface area contributed by atoms with E-state index in [4.69, 9.17) is 23.2 Å². The first-order chi connectivity index (χ1) is 8.56. The fourth-order valence-corrected chi connectivity index (χ4v) is 1.89. The van der Waals surface area contributed by atoms with Crippen LogP contribution in [0.3, 0.4) is 0 Å². The average molecular weight is 283 g/mol. The normalized spacial score (nSPS) is 10.4. The maximum absolute atomic E-state index is 12.7. The third kappa shape index (κ3) is 3.09. The molecule has 4 heteroatoms. The van der Waals surface area contributed by atoms with E-state index in [1.165, 1.54) is 24.3 Å². The van der Waals surface area contributed by atoms with Crippen molar-refractivity contribution in [2.75, 3.05) is 0 Å². The molecule has 0 saturated heterocycles. The van der Waals surface area contributed by atoms with Gasteiger partial charge in [0.1, 0.15) is 5.82 Å². The summed E-state index contributed by atoms with van der Waals surface area (Å²) in [5, 5.41) is 0.871. The van der Waals surface area contributed by atoms with Crippen LogP contribution in [0.4, 0.5) is 4.39 Å². The molecule has 2 aromatic carbocycles.